The first kappa shape index (κ1) is 16.4. The Balaban J connectivity index is 2.05. The lowest BCUT2D eigenvalue weighted by Crippen LogP contribution is -2.23. The molecule has 0 aromatic carbocycles. The predicted octanol–water partition coefficient (Wildman–Crippen LogP) is 2.60. The quantitative estimate of drug-likeness (QED) is 0.875. The van der Waals surface area contributed by atoms with Crippen LogP contribution in [0.4, 0.5) is 0 Å². The highest BCUT2D eigenvalue weighted by molar-refractivity contribution is 5.25. The van der Waals surface area contributed by atoms with Crippen LogP contribution >= 0.6 is 0 Å². The molecule has 118 valence electrons. The zero-order valence-corrected chi connectivity index (χ0v) is 13.9. The Morgan fingerprint density at radius 2 is 1.95 bits per heavy atom. The van der Waals surface area contributed by atoms with Crippen LogP contribution in [-0.2, 0) is 17.6 Å². The van der Waals surface area contributed by atoms with E-state index in [0.717, 1.165) is 49.6 Å². The smallest absolute Gasteiger partial charge is 0.131 e. The number of aromatic nitrogens is 2. The van der Waals surface area contributed by atoms with E-state index in [0.29, 0.717) is 12.0 Å². The molecule has 1 saturated heterocycles. The third-order valence-electron chi connectivity index (χ3n) is 4.26. The number of hydrogen-bond acceptors (Lipinski definition) is 4. The third-order valence-corrected chi connectivity index (χ3v) is 4.26. The first-order valence-electron chi connectivity index (χ1n) is 8.19. The molecule has 2 rings (SSSR count). The molecule has 2 unspecified atom stereocenters. The van der Waals surface area contributed by atoms with E-state index in [-0.39, 0.29) is 0 Å². The Morgan fingerprint density at radius 1 is 1.24 bits per heavy atom. The van der Waals surface area contributed by atoms with Crippen LogP contribution in [0.2, 0.25) is 0 Å². The Bertz CT molecular complexity index is 432. The number of aryl methyl sites for hydroxylation is 2. The summed E-state index contributed by atoms with van der Waals surface area (Å²) >= 11 is 0. The van der Waals surface area contributed by atoms with Gasteiger partial charge in [-0.25, -0.2) is 9.97 Å². The molecular formula is C17H29N3O. The van der Waals surface area contributed by atoms with Crippen molar-refractivity contribution in [3.8, 4) is 0 Å². The van der Waals surface area contributed by atoms with Crippen LogP contribution in [0.1, 0.15) is 49.0 Å². The van der Waals surface area contributed by atoms with Gasteiger partial charge >= 0.3 is 0 Å². The van der Waals surface area contributed by atoms with Crippen LogP contribution < -0.4 is 5.32 Å². The van der Waals surface area contributed by atoms with E-state index in [1.165, 1.54) is 18.4 Å². The Morgan fingerprint density at radius 3 is 2.52 bits per heavy atom. The van der Waals surface area contributed by atoms with Crippen LogP contribution in [0, 0.1) is 19.8 Å². The fraction of sp³-hybridized carbons (Fsp3) is 0.765. The summed E-state index contributed by atoms with van der Waals surface area (Å²) in [5.74, 6) is 1.55. The number of ether oxygens (including phenoxy) is 1. The standard InChI is InChI=1S/C17H29N3O/c1-12(11-18-4)9-16-13(2)19-17(20-14(16)3)10-15-7-5-6-8-21-15/h12,15,18H,5-11H2,1-4H3. The van der Waals surface area contributed by atoms with Gasteiger partial charge in [0.05, 0.1) is 6.10 Å². The van der Waals surface area contributed by atoms with Gasteiger partial charge in [-0.05, 0) is 64.6 Å². The summed E-state index contributed by atoms with van der Waals surface area (Å²) in [7, 11) is 2.00. The Labute approximate surface area is 128 Å². The highest BCUT2D eigenvalue weighted by Gasteiger charge is 2.18. The normalized spacial score (nSPS) is 20.5. The van der Waals surface area contributed by atoms with Crippen molar-refractivity contribution in [2.24, 2.45) is 5.92 Å². The first-order chi connectivity index (χ1) is 10.1. The molecule has 0 spiro atoms. The molecule has 1 fully saturated rings. The second-order valence-corrected chi connectivity index (χ2v) is 6.35. The second kappa shape index (κ2) is 7.85. The average Bonchev–Trinajstić information content (AvgIpc) is 2.44. The third kappa shape index (κ3) is 4.75. The second-order valence-electron chi connectivity index (χ2n) is 6.35. The zero-order valence-electron chi connectivity index (χ0n) is 13.9. The van der Waals surface area contributed by atoms with Crippen molar-refractivity contribution < 1.29 is 4.74 Å². The molecule has 1 aromatic heterocycles. The molecule has 2 atom stereocenters. The minimum Gasteiger partial charge on any atom is -0.378 e. The van der Waals surface area contributed by atoms with E-state index in [4.69, 9.17) is 14.7 Å². The lowest BCUT2D eigenvalue weighted by Gasteiger charge is -2.22. The van der Waals surface area contributed by atoms with Crippen LogP contribution in [0.5, 0.6) is 0 Å². The monoisotopic (exact) mass is 291 g/mol. The molecule has 0 amide bonds. The predicted molar refractivity (Wildman–Crippen MR) is 85.6 cm³/mol. The maximum absolute atomic E-state index is 5.80. The van der Waals surface area contributed by atoms with E-state index in [1.807, 2.05) is 7.05 Å². The largest absolute Gasteiger partial charge is 0.378 e. The van der Waals surface area contributed by atoms with Crippen molar-refractivity contribution in [3.63, 3.8) is 0 Å². The number of rotatable bonds is 6. The van der Waals surface area contributed by atoms with Crippen LogP contribution in [0.25, 0.3) is 0 Å². The van der Waals surface area contributed by atoms with Crippen molar-refractivity contribution in [1.82, 2.24) is 15.3 Å². The van der Waals surface area contributed by atoms with E-state index in [1.54, 1.807) is 0 Å². The van der Waals surface area contributed by atoms with Crippen molar-refractivity contribution in [2.75, 3.05) is 20.2 Å². The van der Waals surface area contributed by atoms with Crippen molar-refractivity contribution in [3.05, 3.63) is 22.8 Å². The van der Waals surface area contributed by atoms with Gasteiger partial charge in [0.2, 0.25) is 0 Å². The van der Waals surface area contributed by atoms with Gasteiger partial charge in [0, 0.05) is 24.4 Å². The first-order valence-corrected chi connectivity index (χ1v) is 8.19. The molecule has 4 heteroatoms. The molecule has 0 saturated carbocycles. The van der Waals surface area contributed by atoms with E-state index in [2.05, 4.69) is 26.1 Å². The van der Waals surface area contributed by atoms with Crippen molar-refractivity contribution >= 4 is 0 Å². The Hall–Kier alpha value is -1.00. The number of hydrogen-bond donors (Lipinski definition) is 1. The number of nitrogens with one attached hydrogen (secondary N) is 1. The molecule has 4 nitrogen and oxygen atoms in total. The summed E-state index contributed by atoms with van der Waals surface area (Å²) in [5.41, 5.74) is 3.58. The maximum atomic E-state index is 5.80. The van der Waals surface area contributed by atoms with Gasteiger partial charge in [0.15, 0.2) is 0 Å². The summed E-state index contributed by atoms with van der Waals surface area (Å²) in [4.78, 5) is 9.46. The molecular weight excluding hydrogens is 262 g/mol. The van der Waals surface area contributed by atoms with Gasteiger partial charge in [-0.2, -0.15) is 0 Å². The molecule has 1 aliphatic rings. The van der Waals surface area contributed by atoms with Crippen LogP contribution in [-0.4, -0.2) is 36.3 Å². The summed E-state index contributed by atoms with van der Waals surface area (Å²) < 4.78 is 5.80. The average molecular weight is 291 g/mol. The van der Waals surface area contributed by atoms with E-state index < -0.39 is 0 Å². The van der Waals surface area contributed by atoms with Gasteiger partial charge in [-0.1, -0.05) is 6.92 Å². The topological polar surface area (TPSA) is 47.0 Å². The fourth-order valence-electron chi connectivity index (χ4n) is 3.14. The molecule has 2 heterocycles. The molecule has 1 N–H and O–H groups in total. The summed E-state index contributed by atoms with van der Waals surface area (Å²) in [6.07, 6.45) is 5.81. The van der Waals surface area contributed by atoms with E-state index >= 15 is 0 Å². The molecule has 1 aromatic rings. The summed E-state index contributed by atoms with van der Waals surface area (Å²) in [6, 6.07) is 0. The molecule has 0 aliphatic carbocycles. The van der Waals surface area contributed by atoms with Gasteiger partial charge in [-0.15, -0.1) is 0 Å². The van der Waals surface area contributed by atoms with Crippen LogP contribution in [0.15, 0.2) is 0 Å². The lowest BCUT2D eigenvalue weighted by atomic mass is 9.98. The van der Waals surface area contributed by atoms with Crippen molar-refractivity contribution in [2.45, 2.75) is 59.0 Å². The number of nitrogens with zero attached hydrogens (tertiary/aromatic N) is 2. The van der Waals surface area contributed by atoms with Crippen LogP contribution in [0.3, 0.4) is 0 Å². The van der Waals surface area contributed by atoms with Crippen molar-refractivity contribution in [1.29, 1.82) is 0 Å². The summed E-state index contributed by atoms with van der Waals surface area (Å²) in [5, 5.41) is 3.23. The zero-order chi connectivity index (χ0) is 15.2. The minimum atomic E-state index is 0.312. The summed E-state index contributed by atoms with van der Waals surface area (Å²) in [6.45, 7) is 8.40. The lowest BCUT2D eigenvalue weighted by molar-refractivity contribution is 0.0156. The fourth-order valence-corrected chi connectivity index (χ4v) is 3.14. The van der Waals surface area contributed by atoms with Gasteiger partial charge < -0.3 is 10.1 Å². The SMILES string of the molecule is CNCC(C)Cc1c(C)nc(CC2CCCCO2)nc1C. The van der Waals surface area contributed by atoms with Gasteiger partial charge in [0.25, 0.3) is 0 Å². The molecule has 0 bridgehead atoms. The van der Waals surface area contributed by atoms with E-state index in [9.17, 15) is 0 Å². The van der Waals surface area contributed by atoms with Gasteiger partial charge in [0.1, 0.15) is 5.82 Å². The molecule has 21 heavy (non-hydrogen) atoms. The highest BCUT2D eigenvalue weighted by atomic mass is 16.5. The maximum Gasteiger partial charge on any atom is 0.131 e. The molecule has 0 radical (unpaired) electrons. The molecule has 1 aliphatic heterocycles. The minimum absolute atomic E-state index is 0.312. The van der Waals surface area contributed by atoms with Gasteiger partial charge in [-0.3, -0.25) is 0 Å². The highest BCUT2D eigenvalue weighted by Crippen LogP contribution is 2.19. The Kier molecular flexibility index (Phi) is 6.12.